The molecule has 1 aliphatic heterocycles. The van der Waals surface area contributed by atoms with Crippen LogP contribution in [0.3, 0.4) is 0 Å². The first-order valence-electron chi connectivity index (χ1n) is 7.46. The van der Waals surface area contributed by atoms with Crippen molar-refractivity contribution in [3.05, 3.63) is 23.5 Å². The van der Waals surface area contributed by atoms with Crippen molar-refractivity contribution in [2.24, 2.45) is 13.0 Å². The van der Waals surface area contributed by atoms with E-state index in [4.69, 9.17) is 4.74 Å². The van der Waals surface area contributed by atoms with Gasteiger partial charge >= 0.3 is 6.09 Å². The van der Waals surface area contributed by atoms with Gasteiger partial charge in [0.2, 0.25) is 0 Å². The number of carbonyl (C=O) groups excluding carboxylic acids is 1. The van der Waals surface area contributed by atoms with Crippen LogP contribution in [0.5, 0.6) is 0 Å². The van der Waals surface area contributed by atoms with E-state index in [1.54, 1.807) is 0 Å². The first kappa shape index (κ1) is 14.2. The molecule has 0 N–H and O–H groups in total. The lowest BCUT2D eigenvalue weighted by Crippen LogP contribution is -2.40. The van der Waals surface area contributed by atoms with Crippen molar-refractivity contribution in [2.45, 2.75) is 45.8 Å². The molecule has 114 valence electrons. The molecule has 1 amide bonds. The van der Waals surface area contributed by atoms with Crippen LogP contribution in [0, 0.1) is 12.8 Å². The molecule has 0 radical (unpaired) electrons. The van der Waals surface area contributed by atoms with E-state index in [0.717, 1.165) is 6.42 Å². The fourth-order valence-electron chi connectivity index (χ4n) is 3.11. The van der Waals surface area contributed by atoms with Crippen LogP contribution >= 0.6 is 0 Å². The first-order valence-corrected chi connectivity index (χ1v) is 7.46. The highest BCUT2D eigenvalue weighted by atomic mass is 16.6. The van der Waals surface area contributed by atoms with Crippen molar-refractivity contribution in [3.8, 4) is 0 Å². The van der Waals surface area contributed by atoms with E-state index < -0.39 is 5.60 Å². The summed E-state index contributed by atoms with van der Waals surface area (Å²) in [5.41, 5.74) is 3.29. The molecule has 2 aliphatic rings. The number of nitrogens with zero attached hydrogens (tertiary/aromatic N) is 3. The lowest BCUT2D eigenvalue weighted by molar-refractivity contribution is 0.0247. The highest BCUT2D eigenvalue weighted by Crippen LogP contribution is 2.49. The maximum atomic E-state index is 12.2. The molecule has 0 aromatic carbocycles. The van der Waals surface area contributed by atoms with E-state index in [1.807, 2.05) is 43.6 Å². The maximum absolute atomic E-state index is 12.2. The van der Waals surface area contributed by atoms with Gasteiger partial charge in [0.1, 0.15) is 5.60 Å². The normalized spacial score (nSPS) is 24.4. The van der Waals surface area contributed by atoms with Gasteiger partial charge in [-0.2, -0.15) is 5.10 Å². The molecule has 1 fully saturated rings. The Bertz CT molecular complexity index is 590. The summed E-state index contributed by atoms with van der Waals surface area (Å²) in [6.45, 7) is 8.41. The molecular formula is C16H23N3O2. The third-order valence-electron chi connectivity index (χ3n) is 4.09. The van der Waals surface area contributed by atoms with Crippen LogP contribution in [0.15, 0.2) is 12.3 Å². The van der Waals surface area contributed by atoms with E-state index >= 15 is 0 Å². The molecule has 1 aliphatic carbocycles. The highest BCUT2D eigenvalue weighted by Gasteiger charge is 2.50. The lowest BCUT2D eigenvalue weighted by Gasteiger charge is -2.29. The minimum atomic E-state index is -0.440. The largest absolute Gasteiger partial charge is 0.444 e. The van der Waals surface area contributed by atoms with E-state index in [1.165, 1.54) is 16.8 Å². The molecule has 0 spiro atoms. The van der Waals surface area contributed by atoms with Crippen LogP contribution in [0.25, 0.3) is 5.57 Å². The second-order valence-corrected chi connectivity index (χ2v) is 7.00. The summed E-state index contributed by atoms with van der Waals surface area (Å²) in [5, 5.41) is 4.32. The number of carbonyl (C=O) groups is 1. The summed E-state index contributed by atoms with van der Waals surface area (Å²) in [4.78, 5) is 14.1. The first-order chi connectivity index (χ1) is 9.78. The fraction of sp³-hybridized carbons (Fsp3) is 0.625. The SMILES string of the molecule is Cc1cnn(C)c1C1=CCN(C(=O)OC(C)(C)C)C2CC12. The smallest absolute Gasteiger partial charge is 0.410 e. The fourth-order valence-corrected chi connectivity index (χ4v) is 3.11. The van der Waals surface area contributed by atoms with E-state index in [0.29, 0.717) is 12.5 Å². The molecule has 1 saturated carbocycles. The molecule has 0 bridgehead atoms. The van der Waals surface area contributed by atoms with Gasteiger partial charge in [0.15, 0.2) is 0 Å². The molecule has 3 rings (SSSR count). The predicted molar refractivity (Wildman–Crippen MR) is 80.8 cm³/mol. The lowest BCUT2D eigenvalue weighted by atomic mass is 10.0. The molecule has 1 aromatic rings. The number of hydrogen-bond acceptors (Lipinski definition) is 3. The Labute approximate surface area is 125 Å². The van der Waals surface area contributed by atoms with Crippen molar-refractivity contribution in [1.29, 1.82) is 0 Å². The zero-order chi connectivity index (χ0) is 15.4. The summed E-state index contributed by atoms with van der Waals surface area (Å²) in [7, 11) is 1.97. The van der Waals surface area contributed by atoms with Crippen molar-refractivity contribution < 1.29 is 9.53 Å². The number of aromatic nitrogens is 2. The molecule has 5 nitrogen and oxygen atoms in total. The molecule has 1 aromatic heterocycles. The summed E-state index contributed by atoms with van der Waals surface area (Å²) >= 11 is 0. The Balaban J connectivity index is 1.79. The molecule has 2 unspecified atom stereocenters. The van der Waals surface area contributed by atoms with Gasteiger partial charge in [0, 0.05) is 25.6 Å². The van der Waals surface area contributed by atoms with Crippen LogP contribution in [-0.2, 0) is 11.8 Å². The Morgan fingerprint density at radius 1 is 1.43 bits per heavy atom. The Kier molecular flexibility index (Phi) is 3.11. The van der Waals surface area contributed by atoms with Gasteiger partial charge in [0.25, 0.3) is 0 Å². The zero-order valence-corrected chi connectivity index (χ0v) is 13.4. The van der Waals surface area contributed by atoms with Crippen molar-refractivity contribution >= 4 is 11.7 Å². The van der Waals surface area contributed by atoms with Crippen LogP contribution in [0.1, 0.15) is 38.4 Å². The Morgan fingerprint density at radius 3 is 2.71 bits per heavy atom. The molecule has 21 heavy (non-hydrogen) atoms. The van der Waals surface area contributed by atoms with Crippen molar-refractivity contribution in [3.63, 3.8) is 0 Å². The van der Waals surface area contributed by atoms with Crippen molar-refractivity contribution in [1.82, 2.24) is 14.7 Å². The van der Waals surface area contributed by atoms with E-state index in [2.05, 4.69) is 18.1 Å². The number of ether oxygens (including phenoxy) is 1. The predicted octanol–water partition coefficient (Wildman–Crippen LogP) is 2.75. The van der Waals surface area contributed by atoms with Gasteiger partial charge in [-0.1, -0.05) is 6.08 Å². The standard InChI is InChI=1S/C16H23N3O2/c1-10-9-17-18(5)14(10)11-6-7-19(13-8-12(11)13)15(20)21-16(2,3)4/h6,9,12-13H,7-8H2,1-5H3. The van der Waals surface area contributed by atoms with E-state index in [9.17, 15) is 4.79 Å². The minimum absolute atomic E-state index is 0.202. The molecule has 2 atom stereocenters. The number of hydrogen-bond donors (Lipinski definition) is 0. The maximum Gasteiger partial charge on any atom is 0.410 e. The minimum Gasteiger partial charge on any atom is -0.444 e. The van der Waals surface area contributed by atoms with Gasteiger partial charge < -0.3 is 9.64 Å². The third kappa shape index (κ3) is 2.57. The van der Waals surface area contributed by atoms with Gasteiger partial charge in [-0.25, -0.2) is 4.79 Å². The van der Waals surface area contributed by atoms with Gasteiger partial charge in [0.05, 0.1) is 11.9 Å². The molecule has 0 saturated heterocycles. The second kappa shape index (κ2) is 4.61. The quantitative estimate of drug-likeness (QED) is 0.798. The van der Waals surface area contributed by atoms with Gasteiger partial charge in [-0.3, -0.25) is 4.68 Å². The molecule has 5 heteroatoms. The average Bonchev–Trinajstić information content (AvgIpc) is 3.08. The summed E-state index contributed by atoms with van der Waals surface area (Å²) in [6.07, 6.45) is 4.87. The van der Waals surface area contributed by atoms with Crippen molar-refractivity contribution in [2.75, 3.05) is 6.54 Å². The Hall–Kier alpha value is -1.78. The monoisotopic (exact) mass is 289 g/mol. The zero-order valence-electron chi connectivity index (χ0n) is 13.4. The van der Waals surface area contributed by atoms with E-state index in [-0.39, 0.29) is 12.1 Å². The van der Waals surface area contributed by atoms with Crippen LogP contribution in [-0.4, -0.2) is 39.0 Å². The van der Waals surface area contributed by atoms with Gasteiger partial charge in [-0.05, 0) is 45.3 Å². The average molecular weight is 289 g/mol. The molecular weight excluding hydrogens is 266 g/mol. The number of aryl methyl sites for hydroxylation is 2. The van der Waals surface area contributed by atoms with Crippen LogP contribution in [0.2, 0.25) is 0 Å². The van der Waals surface area contributed by atoms with Crippen LogP contribution in [0.4, 0.5) is 4.79 Å². The number of rotatable bonds is 1. The summed E-state index contributed by atoms with van der Waals surface area (Å²) in [6, 6.07) is 0.286. The number of amides is 1. The second-order valence-electron chi connectivity index (χ2n) is 7.00. The van der Waals surface area contributed by atoms with Gasteiger partial charge in [-0.15, -0.1) is 0 Å². The third-order valence-corrected chi connectivity index (χ3v) is 4.09. The molecule has 2 heterocycles. The van der Waals surface area contributed by atoms with Crippen LogP contribution < -0.4 is 0 Å². The Morgan fingerprint density at radius 2 is 2.14 bits per heavy atom. The summed E-state index contributed by atoms with van der Waals surface area (Å²) in [5.74, 6) is 0.431. The summed E-state index contributed by atoms with van der Waals surface area (Å²) < 4.78 is 7.42. The topological polar surface area (TPSA) is 47.4 Å². The highest BCUT2D eigenvalue weighted by molar-refractivity contribution is 5.77. The number of fused-ring (bicyclic) bond motifs is 1.